The maximum atomic E-state index is 11.3. The van der Waals surface area contributed by atoms with Crippen LogP contribution in [-0.2, 0) is 11.2 Å². The molecule has 1 aromatic carbocycles. The number of rotatable bonds is 9. The minimum Gasteiger partial charge on any atom is -0.507 e. The lowest BCUT2D eigenvalue weighted by atomic mass is 9.68. The molecule has 0 fully saturated rings. The van der Waals surface area contributed by atoms with Gasteiger partial charge >= 0.3 is 0 Å². The quantitative estimate of drug-likeness (QED) is 0.392. The lowest BCUT2D eigenvalue weighted by Crippen LogP contribution is -2.45. The Kier molecular flexibility index (Phi) is 6.85. The first kappa shape index (κ1) is 21.0. The highest BCUT2D eigenvalue weighted by molar-refractivity contribution is 5.74. The van der Waals surface area contributed by atoms with Gasteiger partial charge in [-0.05, 0) is 62.8 Å². The second-order valence-corrected chi connectivity index (χ2v) is 9.13. The van der Waals surface area contributed by atoms with Crippen molar-refractivity contribution in [1.82, 2.24) is 0 Å². The number of unbranched alkanes of at least 4 members (excludes halogenated alkanes) is 6. The van der Waals surface area contributed by atoms with Gasteiger partial charge in [0.05, 0.1) is 0 Å². The molecule has 0 amide bonds. The highest BCUT2D eigenvalue weighted by atomic mass is 16.5. The predicted molar refractivity (Wildman–Crippen MR) is 114 cm³/mol. The molecule has 0 saturated heterocycles. The third-order valence-electron chi connectivity index (χ3n) is 6.57. The highest BCUT2D eigenvalue weighted by Crippen LogP contribution is 2.53. The number of carbonyl (C=O) groups is 1. The number of phenols is 1. The molecule has 0 spiro atoms. The van der Waals surface area contributed by atoms with Gasteiger partial charge in [0.1, 0.15) is 23.4 Å². The van der Waals surface area contributed by atoms with E-state index in [-0.39, 0.29) is 17.4 Å². The van der Waals surface area contributed by atoms with Crippen molar-refractivity contribution in [3.63, 3.8) is 0 Å². The van der Waals surface area contributed by atoms with Crippen molar-refractivity contribution in [3.8, 4) is 11.5 Å². The molecule has 1 aromatic rings. The standard InChI is InChI=1S/C25H36O3/c1-4-5-6-7-8-9-10-11-18-15-22(27)24-20-14-19(17-26)12-13-21(20)25(2,3)28-23(24)16-18/h14-17,20-21,27H,4-13H2,1-3H3/t20-,21-/m1/s1. The number of ether oxygens (including phenoxy) is 1. The van der Waals surface area contributed by atoms with Gasteiger partial charge < -0.3 is 9.84 Å². The molecule has 3 nitrogen and oxygen atoms in total. The monoisotopic (exact) mass is 384 g/mol. The molecule has 0 aromatic heterocycles. The van der Waals surface area contributed by atoms with Gasteiger partial charge in [-0.25, -0.2) is 0 Å². The average molecular weight is 385 g/mol. The molecule has 2 aliphatic rings. The van der Waals surface area contributed by atoms with E-state index in [0.717, 1.165) is 54.4 Å². The van der Waals surface area contributed by atoms with Crippen LogP contribution in [0.1, 0.15) is 95.6 Å². The number of aromatic hydroxyl groups is 1. The molecule has 0 bridgehead atoms. The van der Waals surface area contributed by atoms with Crippen LogP contribution >= 0.6 is 0 Å². The number of hydrogen-bond donors (Lipinski definition) is 1. The first-order valence-corrected chi connectivity index (χ1v) is 11.2. The molecule has 154 valence electrons. The fourth-order valence-electron chi connectivity index (χ4n) is 4.97. The number of aryl methyl sites for hydroxylation is 1. The zero-order chi connectivity index (χ0) is 20.1. The highest BCUT2D eigenvalue weighted by Gasteiger charge is 2.45. The Morgan fingerprint density at radius 1 is 1.14 bits per heavy atom. The van der Waals surface area contributed by atoms with Crippen LogP contribution in [0.25, 0.3) is 0 Å². The largest absolute Gasteiger partial charge is 0.507 e. The minimum absolute atomic E-state index is 0.0558. The van der Waals surface area contributed by atoms with Gasteiger partial charge in [0.25, 0.3) is 0 Å². The van der Waals surface area contributed by atoms with Crippen LogP contribution in [0, 0.1) is 5.92 Å². The van der Waals surface area contributed by atoms with E-state index in [9.17, 15) is 9.90 Å². The van der Waals surface area contributed by atoms with E-state index in [1.807, 2.05) is 6.07 Å². The summed E-state index contributed by atoms with van der Waals surface area (Å²) >= 11 is 0. The Hall–Kier alpha value is -1.77. The Morgan fingerprint density at radius 3 is 2.57 bits per heavy atom. The summed E-state index contributed by atoms with van der Waals surface area (Å²) in [5.74, 6) is 1.46. The molecular formula is C25H36O3. The zero-order valence-electron chi connectivity index (χ0n) is 17.8. The molecule has 1 N–H and O–H groups in total. The van der Waals surface area contributed by atoms with E-state index in [2.05, 4.69) is 32.9 Å². The summed E-state index contributed by atoms with van der Waals surface area (Å²) in [6.07, 6.45) is 14.7. The molecule has 2 atom stereocenters. The number of fused-ring (bicyclic) bond motifs is 3. The topological polar surface area (TPSA) is 46.5 Å². The van der Waals surface area contributed by atoms with Crippen molar-refractivity contribution in [2.45, 2.75) is 96.5 Å². The summed E-state index contributed by atoms with van der Waals surface area (Å²) in [4.78, 5) is 11.3. The average Bonchev–Trinajstić information content (AvgIpc) is 2.66. The van der Waals surface area contributed by atoms with Gasteiger partial charge in [0, 0.05) is 17.4 Å². The third-order valence-corrected chi connectivity index (χ3v) is 6.57. The number of phenolic OH excluding ortho intramolecular Hbond substituents is 1. The minimum atomic E-state index is -0.299. The molecule has 0 unspecified atom stereocenters. The van der Waals surface area contributed by atoms with Gasteiger partial charge in [0.15, 0.2) is 0 Å². The van der Waals surface area contributed by atoms with Gasteiger partial charge in [-0.1, -0.05) is 51.5 Å². The van der Waals surface area contributed by atoms with Crippen LogP contribution < -0.4 is 4.74 Å². The van der Waals surface area contributed by atoms with Crippen molar-refractivity contribution < 1.29 is 14.6 Å². The molecule has 1 heterocycles. The Labute approximate surface area is 170 Å². The van der Waals surface area contributed by atoms with Crippen LogP contribution in [0.2, 0.25) is 0 Å². The van der Waals surface area contributed by atoms with Crippen LogP contribution in [0.15, 0.2) is 23.8 Å². The zero-order valence-corrected chi connectivity index (χ0v) is 17.8. The maximum Gasteiger partial charge on any atom is 0.145 e. The van der Waals surface area contributed by atoms with E-state index < -0.39 is 0 Å². The van der Waals surface area contributed by atoms with Gasteiger partial charge in [-0.2, -0.15) is 0 Å². The summed E-state index contributed by atoms with van der Waals surface area (Å²) in [6.45, 7) is 6.51. The van der Waals surface area contributed by atoms with Crippen LogP contribution in [0.3, 0.4) is 0 Å². The van der Waals surface area contributed by atoms with E-state index >= 15 is 0 Å². The van der Waals surface area contributed by atoms with Crippen molar-refractivity contribution >= 4 is 6.29 Å². The maximum absolute atomic E-state index is 11.3. The van der Waals surface area contributed by atoms with Crippen molar-refractivity contribution in [2.75, 3.05) is 0 Å². The van der Waals surface area contributed by atoms with Crippen molar-refractivity contribution in [2.24, 2.45) is 5.92 Å². The van der Waals surface area contributed by atoms with E-state index in [0.29, 0.717) is 5.75 Å². The van der Waals surface area contributed by atoms with E-state index in [1.165, 1.54) is 38.5 Å². The first-order valence-electron chi connectivity index (χ1n) is 11.2. The van der Waals surface area contributed by atoms with Crippen molar-refractivity contribution in [1.29, 1.82) is 0 Å². The summed E-state index contributed by atoms with van der Waals surface area (Å²) < 4.78 is 6.37. The fourth-order valence-corrected chi connectivity index (χ4v) is 4.97. The molecule has 1 aliphatic carbocycles. The number of hydrogen-bond acceptors (Lipinski definition) is 3. The lowest BCUT2D eigenvalue weighted by molar-refractivity contribution is -0.105. The van der Waals surface area contributed by atoms with E-state index in [1.54, 1.807) is 0 Å². The second-order valence-electron chi connectivity index (χ2n) is 9.13. The Balaban J connectivity index is 1.72. The van der Waals surface area contributed by atoms with Gasteiger partial charge in [-0.15, -0.1) is 0 Å². The molecule has 28 heavy (non-hydrogen) atoms. The SMILES string of the molecule is CCCCCCCCCc1cc(O)c2c(c1)OC(C)(C)[C@@H]1CCC(C=O)=C[C@@H]21. The normalized spacial score (nSPS) is 22.6. The summed E-state index contributed by atoms with van der Waals surface area (Å²) in [6, 6.07) is 4.03. The van der Waals surface area contributed by atoms with Crippen LogP contribution in [-0.4, -0.2) is 17.0 Å². The summed E-state index contributed by atoms with van der Waals surface area (Å²) in [5, 5.41) is 10.8. The van der Waals surface area contributed by atoms with E-state index in [4.69, 9.17) is 4.74 Å². The number of carbonyl (C=O) groups excluding carboxylic acids is 1. The molecule has 1 aliphatic heterocycles. The van der Waals surface area contributed by atoms with Gasteiger partial charge in [-0.3, -0.25) is 4.79 Å². The summed E-state index contributed by atoms with van der Waals surface area (Å²) in [5.41, 5.74) is 2.56. The summed E-state index contributed by atoms with van der Waals surface area (Å²) in [7, 11) is 0. The molecule has 3 heteroatoms. The third kappa shape index (κ3) is 4.61. The lowest BCUT2D eigenvalue weighted by Gasteiger charge is -2.46. The molecular weight excluding hydrogens is 348 g/mol. The first-order chi connectivity index (χ1) is 13.5. The Bertz CT molecular complexity index is 717. The predicted octanol–water partition coefficient (Wildman–Crippen LogP) is 6.48. The molecule has 3 rings (SSSR count). The number of benzene rings is 1. The smallest absolute Gasteiger partial charge is 0.145 e. The second kappa shape index (κ2) is 9.15. The molecule has 0 radical (unpaired) electrons. The number of allylic oxidation sites excluding steroid dienone is 2. The number of aldehydes is 1. The van der Waals surface area contributed by atoms with Crippen molar-refractivity contribution in [3.05, 3.63) is 34.9 Å². The fraction of sp³-hybridized carbons (Fsp3) is 0.640. The molecule has 0 saturated carbocycles. The van der Waals surface area contributed by atoms with Gasteiger partial charge in [0.2, 0.25) is 0 Å². The Morgan fingerprint density at radius 2 is 1.86 bits per heavy atom. The van der Waals surface area contributed by atoms with Crippen LogP contribution in [0.5, 0.6) is 11.5 Å². The van der Waals surface area contributed by atoms with Crippen LogP contribution in [0.4, 0.5) is 0 Å².